The molecule has 0 aliphatic rings. The van der Waals surface area contributed by atoms with Crippen LogP contribution in [0.15, 0.2) is 65.6 Å². The molecule has 174 valence electrons. The Balaban J connectivity index is 1.58. The largest absolute Gasteiger partial charge is 0.497 e. The minimum absolute atomic E-state index is 0.181. The molecule has 3 aromatic rings. The van der Waals surface area contributed by atoms with Gasteiger partial charge in [0, 0.05) is 12.3 Å². The summed E-state index contributed by atoms with van der Waals surface area (Å²) in [6.45, 7) is 5.40. The van der Waals surface area contributed by atoms with E-state index in [2.05, 4.69) is 0 Å². The maximum Gasteiger partial charge on any atom is 0.338 e. The van der Waals surface area contributed by atoms with E-state index in [4.69, 9.17) is 18.9 Å². The summed E-state index contributed by atoms with van der Waals surface area (Å²) >= 11 is 0. The van der Waals surface area contributed by atoms with Gasteiger partial charge in [0.05, 0.1) is 31.5 Å². The van der Waals surface area contributed by atoms with E-state index in [0.717, 1.165) is 29.2 Å². The van der Waals surface area contributed by atoms with E-state index in [0.29, 0.717) is 31.1 Å². The average Bonchev–Trinajstić information content (AvgIpc) is 2.84. The number of carbonyl (C=O) groups is 1. The number of rotatable bonds is 11. The molecule has 7 nitrogen and oxygen atoms in total. The first kappa shape index (κ1) is 23.9. The minimum atomic E-state index is -0.344. The monoisotopic (exact) mass is 451 g/mol. The zero-order chi connectivity index (χ0) is 23.6. The van der Waals surface area contributed by atoms with Crippen LogP contribution in [0.4, 0.5) is 0 Å². The summed E-state index contributed by atoms with van der Waals surface area (Å²) < 4.78 is 23.8. The summed E-state index contributed by atoms with van der Waals surface area (Å²) in [4.78, 5) is 24.3. The summed E-state index contributed by atoms with van der Waals surface area (Å²) in [7, 11) is 1.62. The molecule has 0 saturated heterocycles. The van der Waals surface area contributed by atoms with Crippen LogP contribution >= 0.6 is 0 Å². The van der Waals surface area contributed by atoms with Crippen molar-refractivity contribution in [2.45, 2.75) is 33.4 Å². The highest BCUT2D eigenvalue weighted by Gasteiger charge is 2.11. The molecule has 0 bridgehead atoms. The minimum Gasteiger partial charge on any atom is -0.497 e. The Morgan fingerprint density at radius 3 is 2.27 bits per heavy atom. The topological polar surface area (TPSA) is 76.0 Å². The summed E-state index contributed by atoms with van der Waals surface area (Å²) in [5.74, 6) is 1.47. The molecule has 0 radical (unpaired) electrons. The van der Waals surface area contributed by atoms with E-state index in [1.807, 2.05) is 42.7 Å². The van der Waals surface area contributed by atoms with Gasteiger partial charge in [0.25, 0.3) is 0 Å². The van der Waals surface area contributed by atoms with Gasteiger partial charge < -0.3 is 23.5 Å². The zero-order valence-corrected chi connectivity index (χ0v) is 19.2. The van der Waals surface area contributed by atoms with E-state index in [-0.39, 0.29) is 18.0 Å². The second kappa shape index (κ2) is 11.8. The number of aromatic nitrogens is 1. The highest BCUT2D eigenvalue weighted by molar-refractivity contribution is 5.89. The third-order valence-corrected chi connectivity index (χ3v) is 5.06. The molecule has 0 fully saturated rings. The van der Waals surface area contributed by atoms with Gasteiger partial charge in [-0.2, -0.15) is 0 Å². The summed E-state index contributed by atoms with van der Waals surface area (Å²) in [6.07, 6.45) is 2.51. The van der Waals surface area contributed by atoms with Crippen LogP contribution in [0.1, 0.15) is 35.0 Å². The Labute approximate surface area is 193 Å². The fourth-order valence-corrected chi connectivity index (χ4v) is 3.18. The van der Waals surface area contributed by atoms with Crippen LogP contribution in [0.3, 0.4) is 0 Å². The number of hydrogen-bond acceptors (Lipinski definition) is 6. The van der Waals surface area contributed by atoms with Gasteiger partial charge in [-0.05, 0) is 55.3 Å². The van der Waals surface area contributed by atoms with Gasteiger partial charge in [0.1, 0.15) is 24.7 Å². The van der Waals surface area contributed by atoms with Crippen molar-refractivity contribution >= 4 is 5.97 Å². The lowest BCUT2D eigenvalue weighted by atomic mass is 10.1. The molecule has 0 aliphatic heterocycles. The van der Waals surface area contributed by atoms with E-state index >= 15 is 0 Å². The van der Waals surface area contributed by atoms with E-state index in [1.54, 1.807) is 37.6 Å². The molecular weight excluding hydrogens is 422 g/mol. The molecule has 33 heavy (non-hydrogen) atoms. The van der Waals surface area contributed by atoms with Gasteiger partial charge in [-0.25, -0.2) is 4.79 Å². The van der Waals surface area contributed by atoms with Gasteiger partial charge in [-0.3, -0.25) is 4.79 Å². The number of hydrogen-bond donors (Lipinski definition) is 0. The molecular formula is C26H29NO6. The lowest BCUT2D eigenvalue weighted by molar-refractivity contribution is 0.0505. The first-order chi connectivity index (χ1) is 16.0. The zero-order valence-electron chi connectivity index (χ0n) is 19.2. The van der Waals surface area contributed by atoms with Crippen molar-refractivity contribution in [3.63, 3.8) is 0 Å². The molecule has 1 heterocycles. The maximum absolute atomic E-state index is 12.4. The maximum atomic E-state index is 12.4. The van der Waals surface area contributed by atoms with Gasteiger partial charge in [-0.15, -0.1) is 0 Å². The van der Waals surface area contributed by atoms with Gasteiger partial charge >= 0.3 is 5.97 Å². The van der Waals surface area contributed by atoms with Gasteiger partial charge in [0.15, 0.2) is 5.75 Å². The van der Waals surface area contributed by atoms with Gasteiger partial charge in [-0.1, -0.05) is 19.1 Å². The highest BCUT2D eigenvalue weighted by Crippen LogP contribution is 2.18. The lowest BCUT2D eigenvalue weighted by Crippen LogP contribution is -2.17. The Kier molecular flexibility index (Phi) is 8.52. The predicted molar refractivity (Wildman–Crippen MR) is 125 cm³/mol. The number of benzene rings is 2. The smallest absolute Gasteiger partial charge is 0.338 e. The molecule has 0 unspecified atom stereocenters. The van der Waals surface area contributed by atoms with Crippen LogP contribution in [-0.4, -0.2) is 30.9 Å². The van der Waals surface area contributed by atoms with Crippen LogP contribution in [0.5, 0.6) is 17.2 Å². The van der Waals surface area contributed by atoms with Gasteiger partial charge in [0.2, 0.25) is 5.43 Å². The molecule has 0 aliphatic carbocycles. The summed E-state index contributed by atoms with van der Waals surface area (Å²) in [5, 5.41) is 0. The summed E-state index contributed by atoms with van der Waals surface area (Å²) in [5.41, 5.74) is 1.88. The standard InChI is InChI=1S/C26H29NO6/c1-4-16-32-26(29)21-7-5-20(6-8-21)18-33-25-19(2)27(14-13-24(25)28)15-17-31-23-11-9-22(30-3)10-12-23/h5-14H,4,15-18H2,1-3H3. The van der Waals surface area contributed by atoms with Crippen LogP contribution < -0.4 is 19.6 Å². The summed E-state index contributed by atoms with van der Waals surface area (Å²) in [6, 6.07) is 15.8. The van der Waals surface area contributed by atoms with E-state index in [1.165, 1.54) is 6.07 Å². The van der Waals surface area contributed by atoms with Crippen LogP contribution in [-0.2, 0) is 17.9 Å². The molecule has 2 aromatic carbocycles. The molecule has 0 spiro atoms. The fraction of sp³-hybridized carbons (Fsp3) is 0.308. The SMILES string of the molecule is CCCOC(=O)c1ccc(COc2c(C)n(CCOc3ccc(OC)cc3)ccc2=O)cc1. The van der Waals surface area contributed by atoms with Crippen LogP contribution in [0.2, 0.25) is 0 Å². The van der Waals surface area contributed by atoms with Crippen molar-refractivity contribution in [2.24, 2.45) is 0 Å². The number of carbonyl (C=O) groups excluding carboxylic acids is 1. The van der Waals surface area contributed by atoms with E-state index < -0.39 is 0 Å². The number of nitrogens with zero attached hydrogens (tertiary/aromatic N) is 1. The normalized spacial score (nSPS) is 10.5. The first-order valence-electron chi connectivity index (χ1n) is 10.9. The van der Waals surface area contributed by atoms with Crippen LogP contribution in [0.25, 0.3) is 0 Å². The second-order valence-electron chi connectivity index (χ2n) is 7.43. The second-order valence-corrected chi connectivity index (χ2v) is 7.43. The Bertz CT molecular complexity index is 1100. The molecule has 7 heteroatoms. The molecule has 0 amide bonds. The number of esters is 1. The highest BCUT2D eigenvalue weighted by atomic mass is 16.5. The van der Waals surface area contributed by atoms with E-state index in [9.17, 15) is 9.59 Å². The predicted octanol–water partition coefficient (Wildman–Crippen LogP) is 4.39. The molecule has 3 rings (SSSR count). The molecule has 0 N–H and O–H groups in total. The van der Waals surface area contributed by atoms with Crippen LogP contribution in [0, 0.1) is 6.92 Å². The van der Waals surface area contributed by atoms with Crippen molar-refractivity contribution in [1.29, 1.82) is 0 Å². The van der Waals surface area contributed by atoms with Crippen molar-refractivity contribution in [1.82, 2.24) is 4.57 Å². The quantitative estimate of drug-likeness (QED) is 0.403. The molecule has 0 atom stereocenters. The van der Waals surface area contributed by atoms with Crippen molar-refractivity contribution in [3.8, 4) is 17.2 Å². The van der Waals surface area contributed by atoms with Crippen molar-refractivity contribution < 1.29 is 23.7 Å². The first-order valence-corrected chi connectivity index (χ1v) is 10.9. The Morgan fingerprint density at radius 2 is 1.61 bits per heavy atom. The number of pyridine rings is 1. The number of ether oxygens (including phenoxy) is 4. The average molecular weight is 452 g/mol. The van der Waals surface area contributed by atoms with Crippen molar-refractivity contribution in [2.75, 3.05) is 20.3 Å². The third-order valence-electron chi connectivity index (χ3n) is 5.06. The molecule has 0 saturated carbocycles. The van der Waals surface area contributed by atoms with Crippen molar-refractivity contribution in [3.05, 3.63) is 87.8 Å². The fourth-order valence-electron chi connectivity index (χ4n) is 3.18. The number of methoxy groups -OCH3 is 1. The third kappa shape index (κ3) is 6.62. The Hall–Kier alpha value is -3.74. The lowest BCUT2D eigenvalue weighted by Gasteiger charge is -2.15. The molecule has 1 aromatic heterocycles. The Morgan fingerprint density at radius 1 is 0.909 bits per heavy atom.